The van der Waals surface area contributed by atoms with Gasteiger partial charge in [-0.15, -0.1) is 5.10 Å². The minimum absolute atomic E-state index is 0.154. The molecule has 0 aliphatic heterocycles. The van der Waals surface area contributed by atoms with Gasteiger partial charge in [0, 0.05) is 0 Å². The van der Waals surface area contributed by atoms with Gasteiger partial charge in [0.2, 0.25) is 0 Å². The number of carbonyl (C=O) groups is 1. The summed E-state index contributed by atoms with van der Waals surface area (Å²) >= 11 is 0. The van der Waals surface area contributed by atoms with E-state index < -0.39 is 0 Å². The molecule has 0 unspecified atom stereocenters. The molecular weight excluding hydrogens is 348 g/mol. The largest absolute Gasteiger partial charge is 0.495 e. The highest BCUT2D eigenvalue weighted by molar-refractivity contribution is 5.90. The van der Waals surface area contributed by atoms with E-state index in [1.54, 1.807) is 23.9 Å². The van der Waals surface area contributed by atoms with Crippen molar-refractivity contribution in [1.29, 1.82) is 0 Å². The number of tetrazole rings is 1. The van der Waals surface area contributed by atoms with Gasteiger partial charge in [-0.1, -0.05) is 12.1 Å². The topological polar surface area (TPSA) is 103 Å². The molecule has 140 valence electrons. The number of nitrogens with zero attached hydrogens (tertiary/aromatic N) is 4. The number of ether oxygens (including phenoxy) is 2. The lowest BCUT2D eigenvalue weighted by Crippen LogP contribution is -2.29. The van der Waals surface area contributed by atoms with Crippen molar-refractivity contribution in [2.75, 3.05) is 19.0 Å². The van der Waals surface area contributed by atoms with Crippen molar-refractivity contribution in [3.8, 4) is 17.2 Å². The van der Waals surface area contributed by atoms with E-state index in [2.05, 4.69) is 26.2 Å². The number of para-hydroxylation sites is 2. The standard InChI is InChI=1S/C18H20N6O3/c1-3-27-14-10-8-13(9-11-14)24-17(21-22-23-24)12-19-18(25)20-15-6-4-5-7-16(15)26-2/h4-11H,3,12H2,1-2H3,(H2,19,20,25). The molecule has 0 aliphatic carbocycles. The number of aromatic nitrogens is 4. The van der Waals surface area contributed by atoms with Gasteiger partial charge in [0.05, 0.1) is 31.6 Å². The molecular formula is C18H20N6O3. The molecule has 1 aromatic heterocycles. The highest BCUT2D eigenvalue weighted by atomic mass is 16.5. The van der Waals surface area contributed by atoms with Crippen LogP contribution >= 0.6 is 0 Å². The number of rotatable bonds is 7. The van der Waals surface area contributed by atoms with Crippen molar-refractivity contribution in [1.82, 2.24) is 25.5 Å². The molecule has 0 bridgehead atoms. The van der Waals surface area contributed by atoms with E-state index in [-0.39, 0.29) is 12.6 Å². The predicted octanol–water partition coefficient (Wildman–Crippen LogP) is 2.39. The highest BCUT2D eigenvalue weighted by Gasteiger charge is 2.11. The quantitative estimate of drug-likeness (QED) is 0.664. The Labute approximate surface area is 156 Å². The van der Waals surface area contributed by atoms with Crippen molar-refractivity contribution in [2.24, 2.45) is 0 Å². The fraction of sp³-hybridized carbons (Fsp3) is 0.222. The predicted molar refractivity (Wildman–Crippen MR) is 99.2 cm³/mol. The summed E-state index contributed by atoms with van der Waals surface area (Å²) in [5.74, 6) is 1.84. The molecule has 0 saturated heterocycles. The Bertz CT molecular complexity index is 894. The number of hydrogen-bond acceptors (Lipinski definition) is 6. The van der Waals surface area contributed by atoms with Crippen molar-refractivity contribution in [3.05, 3.63) is 54.4 Å². The third-order valence-corrected chi connectivity index (χ3v) is 3.69. The zero-order valence-corrected chi connectivity index (χ0v) is 15.0. The van der Waals surface area contributed by atoms with Crippen LogP contribution in [0.3, 0.4) is 0 Å². The molecule has 2 aromatic carbocycles. The van der Waals surface area contributed by atoms with E-state index in [9.17, 15) is 4.79 Å². The number of urea groups is 1. The molecule has 27 heavy (non-hydrogen) atoms. The van der Waals surface area contributed by atoms with Crippen molar-refractivity contribution < 1.29 is 14.3 Å². The number of carbonyl (C=O) groups excluding carboxylic acids is 1. The Balaban J connectivity index is 1.63. The van der Waals surface area contributed by atoms with Crippen LogP contribution in [0.4, 0.5) is 10.5 Å². The van der Waals surface area contributed by atoms with Crippen LogP contribution in [0.15, 0.2) is 48.5 Å². The van der Waals surface area contributed by atoms with Gasteiger partial charge in [-0.25, -0.2) is 4.79 Å². The molecule has 0 atom stereocenters. The number of methoxy groups -OCH3 is 1. The average Bonchev–Trinajstić information content (AvgIpc) is 3.16. The molecule has 0 saturated carbocycles. The molecule has 0 aliphatic rings. The summed E-state index contributed by atoms with van der Waals surface area (Å²) in [4.78, 5) is 12.2. The summed E-state index contributed by atoms with van der Waals surface area (Å²) in [6.07, 6.45) is 0. The fourth-order valence-electron chi connectivity index (χ4n) is 2.44. The lowest BCUT2D eigenvalue weighted by Gasteiger charge is -2.11. The second-order valence-corrected chi connectivity index (χ2v) is 5.44. The molecule has 3 aromatic rings. The van der Waals surface area contributed by atoms with Gasteiger partial charge in [0.1, 0.15) is 11.5 Å². The maximum atomic E-state index is 12.2. The van der Waals surface area contributed by atoms with Gasteiger partial charge in [-0.3, -0.25) is 0 Å². The van der Waals surface area contributed by atoms with Crippen LogP contribution in [-0.2, 0) is 6.54 Å². The molecule has 9 heteroatoms. The van der Waals surface area contributed by atoms with Crippen LogP contribution in [0.25, 0.3) is 5.69 Å². The van der Waals surface area contributed by atoms with E-state index in [4.69, 9.17) is 9.47 Å². The first-order valence-corrected chi connectivity index (χ1v) is 8.39. The maximum absolute atomic E-state index is 12.2. The Hall–Kier alpha value is -3.62. The lowest BCUT2D eigenvalue weighted by atomic mass is 10.3. The number of anilines is 1. The monoisotopic (exact) mass is 368 g/mol. The van der Waals surface area contributed by atoms with Gasteiger partial charge >= 0.3 is 6.03 Å². The first-order chi connectivity index (χ1) is 13.2. The smallest absolute Gasteiger partial charge is 0.319 e. The Morgan fingerprint density at radius 2 is 1.93 bits per heavy atom. The summed E-state index contributed by atoms with van der Waals surface area (Å²) in [6, 6.07) is 14.1. The molecule has 2 amide bonds. The van der Waals surface area contributed by atoms with Crippen LogP contribution in [-0.4, -0.2) is 40.0 Å². The number of nitrogens with one attached hydrogen (secondary N) is 2. The first kappa shape index (κ1) is 18.2. The second-order valence-electron chi connectivity index (χ2n) is 5.44. The van der Waals surface area contributed by atoms with Crippen LogP contribution < -0.4 is 20.1 Å². The molecule has 0 radical (unpaired) electrons. The first-order valence-electron chi connectivity index (χ1n) is 8.39. The molecule has 0 spiro atoms. The normalized spacial score (nSPS) is 10.3. The number of benzene rings is 2. The van der Waals surface area contributed by atoms with E-state index in [1.165, 1.54) is 0 Å². The SMILES string of the molecule is CCOc1ccc(-n2nnnc2CNC(=O)Nc2ccccc2OC)cc1. The molecule has 2 N–H and O–H groups in total. The maximum Gasteiger partial charge on any atom is 0.319 e. The Morgan fingerprint density at radius 1 is 1.15 bits per heavy atom. The summed E-state index contributed by atoms with van der Waals surface area (Å²) in [7, 11) is 1.55. The van der Waals surface area contributed by atoms with Crippen LogP contribution in [0.2, 0.25) is 0 Å². The summed E-state index contributed by atoms with van der Waals surface area (Å²) < 4.78 is 12.2. The zero-order chi connectivity index (χ0) is 19.1. The number of amides is 2. The van der Waals surface area contributed by atoms with Crippen LogP contribution in [0, 0.1) is 0 Å². The van der Waals surface area contributed by atoms with Crippen molar-refractivity contribution in [2.45, 2.75) is 13.5 Å². The fourth-order valence-corrected chi connectivity index (χ4v) is 2.44. The van der Waals surface area contributed by atoms with Crippen molar-refractivity contribution >= 4 is 11.7 Å². The Kier molecular flexibility index (Phi) is 5.83. The van der Waals surface area contributed by atoms with Gasteiger partial charge in [-0.2, -0.15) is 4.68 Å². The summed E-state index contributed by atoms with van der Waals surface area (Å²) in [5.41, 5.74) is 1.34. The molecule has 3 rings (SSSR count). The van der Waals surface area contributed by atoms with E-state index in [0.717, 1.165) is 11.4 Å². The zero-order valence-electron chi connectivity index (χ0n) is 15.0. The van der Waals surface area contributed by atoms with Gasteiger partial charge in [-0.05, 0) is 53.7 Å². The van der Waals surface area contributed by atoms with Gasteiger partial charge < -0.3 is 20.1 Å². The number of hydrogen-bond donors (Lipinski definition) is 2. The lowest BCUT2D eigenvalue weighted by molar-refractivity contribution is 0.251. The van der Waals surface area contributed by atoms with E-state index in [1.807, 2.05) is 43.3 Å². The molecule has 9 nitrogen and oxygen atoms in total. The van der Waals surface area contributed by atoms with E-state index in [0.29, 0.717) is 23.9 Å². The minimum atomic E-state index is -0.388. The third kappa shape index (κ3) is 4.51. The van der Waals surface area contributed by atoms with Crippen LogP contribution in [0.5, 0.6) is 11.5 Å². The molecule has 1 heterocycles. The highest BCUT2D eigenvalue weighted by Crippen LogP contribution is 2.22. The molecule has 0 fully saturated rings. The minimum Gasteiger partial charge on any atom is -0.495 e. The van der Waals surface area contributed by atoms with Crippen molar-refractivity contribution in [3.63, 3.8) is 0 Å². The van der Waals surface area contributed by atoms with E-state index >= 15 is 0 Å². The summed E-state index contributed by atoms with van der Waals surface area (Å²) in [6.45, 7) is 2.68. The van der Waals surface area contributed by atoms with Gasteiger partial charge in [0.15, 0.2) is 5.82 Å². The second kappa shape index (κ2) is 8.65. The van der Waals surface area contributed by atoms with Gasteiger partial charge in [0.25, 0.3) is 0 Å². The third-order valence-electron chi connectivity index (χ3n) is 3.69. The average molecular weight is 368 g/mol. The van der Waals surface area contributed by atoms with Crippen LogP contribution in [0.1, 0.15) is 12.7 Å². The summed E-state index contributed by atoms with van der Waals surface area (Å²) in [5, 5.41) is 17.1. The Morgan fingerprint density at radius 3 is 2.67 bits per heavy atom.